The van der Waals surface area contributed by atoms with Crippen LogP contribution in [0.2, 0.25) is 0 Å². The van der Waals surface area contributed by atoms with Gasteiger partial charge in [0.1, 0.15) is 0 Å². The van der Waals surface area contributed by atoms with Crippen LogP contribution in [0.5, 0.6) is 0 Å². The number of hydrogen-bond acceptors (Lipinski definition) is 3. The van der Waals surface area contributed by atoms with Gasteiger partial charge in [0.05, 0.1) is 0 Å². The average molecular weight is 331 g/mol. The van der Waals surface area contributed by atoms with E-state index in [-0.39, 0.29) is 20.3 Å². The Morgan fingerprint density at radius 2 is 1.84 bits per heavy atom. The van der Waals surface area contributed by atoms with Crippen LogP contribution in [-0.4, -0.2) is 23.3 Å². The molecule has 0 unspecified atom stereocenters. The summed E-state index contributed by atoms with van der Waals surface area (Å²) < 4.78 is 4.08. The maximum absolute atomic E-state index is 12.4. The standard InChI is InChI=1S/C14H8N2OSSe/c17-13-9-5-1-4-8-12(9)19-16(13)14-15-10-6-2-3-7-11(10)18-14/h1-8H. The first-order valence-corrected chi connectivity index (χ1v) is 8.24. The zero-order valence-corrected chi connectivity index (χ0v) is 12.3. The Hall–Kier alpha value is -1.68. The number of fused-ring (bicyclic) bond motifs is 2. The Morgan fingerprint density at radius 1 is 1.05 bits per heavy atom. The van der Waals surface area contributed by atoms with Crippen molar-refractivity contribution in [1.82, 2.24) is 8.55 Å². The first kappa shape index (κ1) is 11.2. The van der Waals surface area contributed by atoms with Crippen LogP contribution in [0, 0.1) is 0 Å². The summed E-state index contributed by atoms with van der Waals surface area (Å²) in [5, 5.41) is 1.63. The quantitative estimate of drug-likeness (QED) is 0.503. The van der Waals surface area contributed by atoms with E-state index in [0.29, 0.717) is 0 Å². The van der Waals surface area contributed by atoms with Gasteiger partial charge in [-0.05, 0) is 0 Å². The third kappa shape index (κ3) is 1.70. The van der Waals surface area contributed by atoms with Crippen LogP contribution >= 0.6 is 11.3 Å². The number of nitrogens with zero attached hydrogens (tertiary/aromatic N) is 2. The van der Waals surface area contributed by atoms with Gasteiger partial charge in [-0.3, -0.25) is 0 Å². The van der Waals surface area contributed by atoms with E-state index in [1.807, 2.05) is 52.1 Å². The fraction of sp³-hybridized carbons (Fsp3) is 0. The van der Waals surface area contributed by atoms with Crippen LogP contribution in [-0.2, 0) is 0 Å². The van der Waals surface area contributed by atoms with Crippen molar-refractivity contribution >= 4 is 45.9 Å². The molecule has 0 N–H and O–H groups in total. The van der Waals surface area contributed by atoms with Crippen LogP contribution < -0.4 is 5.56 Å². The fourth-order valence-corrected chi connectivity index (χ4v) is 5.21. The zero-order valence-electron chi connectivity index (χ0n) is 9.74. The third-order valence-corrected chi connectivity index (χ3v) is 6.48. The number of aromatic nitrogens is 2. The van der Waals surface area contributed by atoms with Crippen molar-refractivity contribution in [2.75, 3.05) is 0 Å². The molecule has 0 aliphatic heterocycles. The second-order valence-corrected chi connectivity index (χ2v) is 7.23. The summed E-state index contributed by atoms with van der Waals surface area (Å²) in [6.45, 7) is 0. The van der Waals surface area contributed by atoms with E-state index in [1.54, 1.807) is 11.3 Å². The third-order valence-electron chi connectivity index (χ3n) is 2.95. The van der Waals surface area contributed by atoms with Crippen molar-refractivity contribution in [2.45, 2.75) is 0 Å². The molecule has 2 aromatic heterocycles. The first-order chi connectivity index (χ1) is 9.33. The summed E-state index contributed by atoms with van der Waals surface area (Å²) in [6, 6.07) is 15.8. The fourth-order valence-electron chi connectivity index (χ4n) is 2.04. The second kappa shape index (κ2) is 4.17. The molecule has 0 fully saturated rings. The van der Waals surface area contributed by atoms with Gasteiger partial charge in [0.15, 0.2) is 0 Å². The van der Waals surface area contributed by atoms with Crippen LogP contribution in [0.4, 0.5) is 0 Å². The molecule has 0 atom stereocenters. The van der Waals surface area contributed by atoms with Gasteiger partial charge in [-0.2, -0.15) is 0 Å². The molecule has 0 bridgehead atoms. The SMILES string of the molecule is O=c1c2ccccc2[se]n1-c1nc2ccccc2s1. The molecule has 4 rings (SSSR count). The van der Waals surface area contributed by atoms with Crippen molar-refractivity contribution in [1.29, 1.82) is 0 Å². The molecular weight excluding hydrogens is 323 g/mol. The Bertz CT molecular complexity index is 918. The van der Waals surface area contributed by atoms with Gasteiger partial charge in [-0.15, -0.1) is 0 Å². The second-order valence-electron chi connectivity index (χ2n) is 4.15. The average Bonchev–Trinajstić information content (AvgIpc) is 3.00. The van der Waals surface area contributed by atoms with E-state index < -0.39 is 0 Å². The Balaban J connectivity index is 2.03. The Kier molecular flexibility index (Phi) is 2.45. The molecule has 0 radical (unpaired) electrons. The van der Waals surface area contributed by atoms with Gasteiger partial charge < -0.3 is 0 Å². The van der Waals surface area contributed by atoms with Gasteiger partial charge in [0.2, 0.25) is 0 Å². The topological polar surface area (TPSA) is 34.9 Å². The number of thiazole rings is 1. The molecule has 2 aromatic carbocycles. The van der Waals surface area contributed by atoms with E-state index >= 15 is 0 Å². The predicted molar refractivity (Wildman–Crippen MR) is 79.7 cm³/mol. The van der Waals surface area contributed by atoms with Crippen molar-refractivity contribution < 1.29 is 0 Å². The van der Waals surface area contributed by atoms with Crippen molar-refractivity contribution in [3.63, 3.8) is 0 Å². The molecule has 0 aliphatic rings. The normalized spacial score (nSPS) is 11.4. The molecule has 19 heavy (non-hydrogen) atoms. The van der Waals surface area contributed by atoms with E-state index in [9.17, 15) is 4.79 Å². The van der Waals surface area contributed by atoms with Crippen LogP contribution in [0.3, 0.4) is 0 Å². The van der Waals surface area contributed by atoms with Crippen LogP contribution in [0.1, 0.15) is 0 Å². The summed E-state index contributed by atoms with van der Waals surface area (Å²) in [7, 11) is 0. The zero-order chi connectivity index (χ0) is 12.8. The van der Waals surface area contributed by atoms with E-state index in [0.717, 1.165) is 25.0 Å². The molecule has 0 aliphatic carbocycles. The van der Waals surface area contributed by atoms with Crippen molar-refractivity contribution in [3.8, 4) is 5.13 Å². The van der Waals surface area contributed by atoms with E-state index in [2.05, 4.69) is 4.98 Å². The molecule has 2 heterocycles. The Morgan fingerprint density at radius 3 is 2.68 bits per heavy atom. The van der Waals surface area contributed by atoms with E-state index in [4.69, 9.17) is 0 Å². The molecule has 92 valence electrons. The number of rotatable bonds is 1. The Labute approximate surface area is 118 Å². The molecule has 5 heteroatoms. The molecule has 3 nitrogen and oxygen atoms in total. The van der Waals surface area contributed by atoms with Crippen molar-refractivity contribution in [2.24, 2.45) is 0 Å². The molecular formula is C14H8N2OSSe. The monoisotopic (exact) mass is 332 g/mol. The first-order valence-electron chi connectivity index (χ1n) is 5.80. The molecule has 0 saturated carbocycles. The van der Waals surface area contributed by atoms with Gasteiger partial charge in [-0.25, -0.2) is 0 Å². The minimum atomic E-state index is 0.00154. The summed E-state index contributed by atoms with van der Waals surface area (Å²) in [6.07, 6.45) is 0. The van der Waals surface area contributed by atoms with Gasteiger partial charge in [0.25, 0.3) is 0 Å². The minimum absolute atomic E-state index is 0.00154. The summed E-state index contributed by atoms with van der Waals surface area (Å²) in [5.41, 5.74) is 1.04. The van der Waals surface area contributed by atoms with Crippen molar-refractivity contribution in [3.05, 3.63) is 58.9 Å². The van der Waals surface area contributed by atoms with Gasteiger partial charge >= 0.3 is 118 Å². The number of hydrogen-bond donors (Lipinski definition) is 0. The summed E-state index contributed by atoms with van der Waals surface area (Å²) >= 11 is 1.58. The molecule has 0 saturated heterocycles. The van der Waals surface area contributed by atoms with Gasteiger partial charge in [0, 0.05) is 0 Å². The van der Waals surface area contributed by atoms with Gasteiger partial charge in [-0.1, -0.05) is 0 Å². The van der Waals surface area contributed by atoms with E-state index in [1.165, 1.54) is 0 Å². The van der Waals surface area contributed by atoms with Crippen LogP contribution in [0.15, 0.2) is 53.3 Å². The number of para-hydroxylation sites is 1. The number of benzene rings is 2. The molecule has 0 spiro atoms. The maximum atomic E-state index is 12.4. The molecule has 0 amide bonds. The summed E-state index contributed by atoms with van der Waals surface area (Å²) in [4.78, 5) is 16.9. The van der Waals surface area contributed by atoms with Crippen LogP contribution in [0.25, 0.3) is 25.0 Å². The molecule has 4 aromatic rings. The summed E-state index contributed by atoms with van der Waals surface area (Å²) in [5.74, 6) is 0. The predicted octanol–water partition coefficient (Wildman–Crippen LogP) is 2.66.